The van der Waals surface area contributed by atoms with Gasteiger partial charge in [-0.05, 0) is 37.5 Å². The van der Waals surface area contributed by atoms with Gasteiger partial charge in [0, 0.05) is 11.1 Å². The summed E-state index contributed by atoms with van der Waals surface area (Å²) >= 11 is 0. The van der Waals surface area contributed by atoms with E-state index in [4.69, 9.17) is 0 Å². The number of benzene rings is 2. The maximum absolute atomic E-state index is 12.3. The summed E-state index contributed by atoms with van der Waals surface area (Å²) < 4.78 is 0. The lowest BCUT2D eigenvalue weighted by Crippen LogP contribution is -2.16. The zero-order chi connectivity index (χ0) is 14.0. The number of carbonyl (C=O) groups is 2. The van der Waals surface area contributed by atoms with Crippen molar-refractivity contribution >= 4 is 11.6 Å². The Labute approximate surface area is 113 Å². The molecule has 2 nitrogen and oxygen atoms in total. The number of carbonyl (C=O) groups excluding carboxylic acids is 2. The van der Waals surface area contributed by atoms with Crippen LogP contribution in [0.2, 0.25) is 0 Å². The summed E-state index contributed by atoms with van der Waals surface area (Å²) in [4.78, 5) is 24.4. The first-order valence-corrected chi connectivity index (χ1v) is 6.23. The predicted octanol–water partition coefficient (Wildman–Crippen LogP) is 3.68. The summed E-state index contributed by atoms with van der Waals surface area (Å²) in [5.41, 5.74) is 4.00. The molecule has 0 aliphatic rings. The van der Waals surface area contributed by atoms with Crippen LogP contribution in [0.15, 0.2) is 42.5 Å². The Bertz CT molecular complexity index is 640. The van der Waals surface area contributed by atoms with Crippen LogP contribution in [0.25, 0.3) is 0 Å². The number of aryl methyl sites for hydroxylation is 1. The second-order valence-electron chi connectivity index (χ2n) is 4.70. The third-order valence-electron chi connectivity index (χ3n) is 3.54. The largest absolute Gasteiger partial charge is 0.285 e. The number of Topliss-reactive ketones (excluding diaryl/α,β-unsaturated/α-hetero) is 2. The molecular weight excluding hydrogens is 236 g/mol. The molecule has 2 heteroatoms. The number of rotatable bonds is 3. The highest BCUT2D eigenvalue weighted by atomic mass is 16.2. The van der Waals surface area contributed by atoms with Crippen molar-refractivity contribution in [3.05, 3.63) is 70.3 Å². The highest BCUT2D eigenvalue weighted by Gasteiger charge is 2.20. The minimum Gasteiger partial charge on any atom is -0.285 e. The molecule has 0 unspecified atom stereocenters. The van der Waals surface area contributed by atoms with E-state index in [9.17, 15) is 9.59 Å². The summed E-state index contributed by atoms with van der Waals surface area (Å²) in [5, 5.41) is 0. The molecule has 0 saturated carbocycles. The Morgan fingerprint density at radius 2 is 1.37 bits per heavy atom. The SMILES string of the molecule is Cc1ccc(C(=O)C(=O)c2ccccc2)c(C)c1C. The fourth-order valence-electron chi connectivity index (χ4n) is 2.05. The summed E-state index contributed by atoms with van der Waals surface area (Å²) in [5.74, 6) is -0.890. The molecule has 0 aliphatic heterocycles. The Morgan fingerprint density at radius 3 is 2.00 bits per heavy atom. The zero-order valence-electron chi connectivity index (χ0n) is 11.4. The highest BCUT2D eigenvalue weighted by Crippen LogP contribution is 2.19. The predicted molar refractivity (Wildman–Crippen MR) is 75.8 cm³/mol. The van der Waals surface area contributed by atoms with E-state index in [1.807, 2.05) is 32.9 Å². The van der Waals surface area contributed by atoms with Crippen LogP contribution in [0.5, 0.6) is 0 Å². The standard InChI is InChI=1S/C17H16O2/c1-11-9-10-15(13(3)12(11)2)17(19)16(18)14-7-5-4-6-8-14/h4-10H,1-3H3. The average Bonchev–Trinajstić information content (AvgIpc) is 2.44. The summed E-state index contributed by atoms with van der Waals surface area (Å²) in [6.45, 7) is 5.85. The van der Waals surface area contributed by atoms with E-state index >= 15 is 0 Å². The van der Waals surface area contributed by atoms with Crippen molar-refractivity contribution in [2.24, 2.45) is 0 Å². The fourth-order valence-corrected chi connectivity index (χ4v) is 2.05. The normalized spacial score (nSPS) is 10.3. The van der Waals surface area contributed by atoms with E-state index in [-0.39, 0.29) is 0 Å². The van der Waals surface area contributed by atoms with Crippen LogP contribution in [0.4, 0.5) is 0 Å². The van der Waals surface area contributed by atoms with E-state index in [0.29, 0.717) is 11.1 Å². The van der Waals surface area contributed by atoms with Gasteiger partial charge >= 0.3 is 0 Å². The summed E-state index contributed by atoms with van der Waals surface area (Å²) in [7, 11) is 0. The Morgan fingerprint density at radius 1 is 0.737 bits per heavy atom. The second kappa shape index (κ2) is 5.19. The topological polar surface area (TPSA) is 34.1 Å². The minimum atomic E-state index is -0.452. The molecule has 0 amide bonds. The van der Waals surface area contributed by atoms with E-state index in [1.54, 1.807) is 30.3 Å². The molecule has 2 aromatic rings. The molecule has 0 bridgehead atoms. The third kappa shape index (κ3) is 2.48. The molecule has 2 aromatic carbocycles. The van der Waals surface area contributed by atoms with E-state index in [2.05, 4.69) is 0 Å². The lowest BCUT2D eigenvalue weighted by Gasteiger charge is -2.09. The summed E-state index contributed by atoms with van der Waals surface area (Å²) in [6, 6.07) is 12.3. The van der Waals surface area contributed by atoms with Gasteiger partial charge in [0.05, 0.1) is 0 Å². The van der Waals surface area contributed by atoms with Gasteiger partial charge in [-0.3, -0.25) is 9.59 Å². The number of hydrogen-bond donors (Lipinski definition) is 0. The van der Waals surface area contributed by atoms with Crippen LogP contribution < -0.4 is 0 Å². The first-order chi connectivity index (χ1) is 9.02. The lowest BCUT2D eigenvalue weighted by molar-refractivity contribution is 0.0816. The molecule has 96 valence electrons. The molecule has 0 saturated heterocycles. The Balaban J connectivity index is 2.41. The molecule has 0 aromatic heterocycles. The maximum atomic E-state index is 12.3. The van der Waals surface area contributed by atoms with Gasteiger partial charge in [-0.1, -0.05) is 42.5 Å². The van der Waals surface area contributed by atoms with Gasteiger partial charge in [0.15, 0.2) is 0 Å². The molecule has 2 rings (SSSR count). The molecule has 0 heterocycles. The number of ketones is 2. The first-order valence-electron chi connectivity index (χ1n) is 6.23. The van der Waals surface area contributed by atoms with Gasteiger partial charge in [-0.15, -0.1) is 0 Å². The molecule has 0 aliphatic carbocycles. The molecule has 0 atom stereocenters. The molecule has 0 spiro atoms. The lowest BCUT2D eigenvalue weighted by atomic mass is 9.93. The molecular formula is C17H16O2. The van der Waals surface area contributed by atoms with Crippen molar-refractivity contribution in [2.75, 3.05) is 0 Å². The van der Waals surface area contributed by atoms with Gasteiger partial charge < -0.3 is 0 Å². The van der Waals surface area contributed by atoms with Gasteiger partial charge in [-0.25, -0.2) is 0 Å². The van der Waals surface area contributed by atoms with E-state index in [1.165, 1.54) is 0 Å². The van der Waals surface area contributed by atoms with Crippen molar-refractivity contribution in [2.45, 2.75) is 20.8 Å². The molecule has 19 heavy (non-hydrogen) atoms. The van der Waals surface area contributed by atoms with Crippen LogP contribution in [-0.2, 0) is 0 Å². The quantitative estimate of drug-likeness (QED) is 0.617. The van der Waals surface area contributed by atoms with Crippen molar-refractivity contribution in [3.8, 4) is 0 Å². The molecule has 0 N–H and O–H groups in total. The van der Waals surface area contributed by atoms with Crippen LogP contribution in [0, 0.1) is 20.8 Å². The fraction of sp³-hybridized carbons (Fsp3) is 0.176. The van der Waals surface area contributed by atoms with Gasteiger partial charge in [0.1, 0.15) is 0 Å². The van der Waals surface area contributed by atoms with Crippen LogP contribution in [-0.4, -0.2) is 11.6 Å². The maximum Gasteiger partial charge on any atom is 0.233 e. The van der Waals surface area contributed by atoms with Crippen LogP contribution in [0.1, 0.15) is 37.4 Å². The van der Waals surface area contributed by atoms with E-state index in [0.717, 1.165) is 16.7 Å². The minimum absolute atomic E-state index is 0.435. The van der Waals surface area contributed by atoms with Gasteiger partial charge in [0.25, 0.3) is 0 Å². The average molecular weight is 252 g/mol. The Kier molecular flexibility index (Phi) is 3.61. The number of hydrogen-bond acceptors (Lipinski definition) is 2. The zero-order valence-corrected chi connectivity index (χ0v) is 11.4. The highest BCUT2D eigenvalue weighted by molar-refractivity contribution is 6.49. The molecule has 0 fully saturated rings. The van der Waals surface area contributed by atoms with Crippen molar-refractivity contribution in [3.63, 3.8) is 0 Å². The first kappa shape index (κ1) is 13.2. The van der Waals surface area contributed by atoms with Crippen molar-refractivity contribution < 1.29 is 9.59 Å². The van der Waals surface area contributed by atoms with Crippen molar-refractivity contribution in [1.82, 2.24) is 0 Å². The smallest absolute Gasteiger partial charge is 0.233 e. The summed E-state index contributed by atoms with van der Waals surface area (Å²) in [6.07, 6.45) is 0. The van der Waals surface area contributed by atoms with Crippen LogP contribution >= 0.6 is 0 Å². The van der Waals surface area contributed by atoms with Gasteiger partial charge in [-0.2, -0.15) is 0 Å². The second-order valence-corrected chi connectivity index (χ2v) is 4.70. The monoisotopic (exact) mass is 252 g/mol. The van der Waals surface area contributed by atoms with Gasteiger partial charge in [0.2, 0.25) is 11.6 Å². The Hall–Kier alpha value is -2.22. The molecule has 0 radical (unpaired) electrons. The van der Waals surface area contributed by atoms with Crippen LogP contribution in [0.3, 0.4) is 0 Å². The van der Waals surface area contributed by atoms with E-state index < -0.39 is 11.6 Å². The van der Waals surface area contributed by atoms with Crippen molar-refractivity contribution in [1.29, 1.82) is 0 Å². The third-order valence-corrected chi connectivity index (χ3v) is 3.54.